The van der Waals surface area contributed by atoms with Gasteiger partial charge in [-0.15, -0.1) is 0 Å². The Morgan fingerprint density at radius 2 is 1.62 bits per heavy atom. The van der Waals surface area contributed by atoms with Gasteiger partial charge in [-0.25, -0.2) is 9.97 Å². The Labute approximate surface area is 129 Å². The monoisotopic (exact) mass is 293 g/mol. The summed E-state index contributed by atoms with van der Waals surface area (Å²) in [5.41, 5.74) is 1.03. The van der Waals surface area contributed by atoms with Crippen LogP contribution >= 0.6 is 0 Å². The first kappa shape index (κ1) is 17.7. The van der Waals surface area contributed by atoms with Gasteiger partial charge in [0.2, 0.25) is 0 Å². The van der Waals surface area contributed by atoms with Gasteiger partial charge in [0.25, 0.3) is 0 Å². The van der Waals surface area contributed by atoms with Crippen LogP contribution in [-0.2, 0) is 5.41 Å². The fraction of sp³-hybridized carbons (Fsp3) is 0.750. The average molecular weight is 293 g/mol. The largest absolute Gasteiger partial charge is 0.370 e. The highest BCUT2D eigenvalue weighted by Gasteiger charge is 2.20. The van der Waals surface area contributed by atoms with Gasteiger partial charge in [0, 0.05) is 24.1 Å². The maximum absolute atomic E-state index is 4.73. The van der Waals surface area contributed by atoms with Crippen LogP contribution < -0.4 is 10.6 Å². The third-order valence-electron chi connectivity index (χ3n) is 3.24. The highest BCUT2D eigenvalue weighted by molar-refractivity contribution is 5.57. The van der Waals surface area contributed by atoms with E-state index in [2.05, 4.69) is 69.2 Å². The van der Waals surface area contributed by atoms with Crippen LogP contribution in [-0.4, -0.2) is 48.6 Å². The lowest BCUT2D eigenvalue weighted by Gasteiger charge is -2.21. The Morgan fingerprint density at radius 1 is 1.05 bits per heavy atom. The van der Waals surface area contributed by atoms with Gasteiger partial charge >= 0.3 is 0 Å². The van der Waals surface area contributed by atoms with Crippen LogP contribution in [0.4, 0.5) is 11.6 Å². The molecule has 0 aliphatic carbocycles. The lowest BCUT2D eigenvalue weighted by molar-refractivity contribution is 0.405. The van der Waals surface area contributed by atoms with Crippen LogP contribution in [0.3, 0.4) is 0 Å². The number of aromatic nitrogens is 2. The molecule has 21 heavy (non-hydrogen) atoms. The van der Waals surface area contributed by atoms with Crippen molar-refractivity contribution in [3.05, 3.63) is 11.4 Å². The maximum atomic E-state index is 4.73. The van der Waals surface area contributed by atoms with E-state index in [1.54, 1.807) is 0 Å². The van der Waals surface area contributed by atoms with Gasteiger partial charge in [-0.3, -0.25) is 0 Å². The first-order chi connectivity index (χ1) is 9.75. The number of anilines is 2. The van der Waals surface area contributed by atoms with E-state index in [0.29, 0.717) is 0 Å². The molecule has 1 aromatic rings. The van der Waals surface area contributed by atoms with Gasteiger partial charge in [0.15, 0.2) is 0 Å². The molecule has 0 fully saturated rings. The quantitative estimate of drug-likeness (QED) is 0.757. The summed E-state index contributed by atoms with van der Waals surface area (Å²) in [7, 11) is 4.19. The Kier molecular flexibility index (Phi) is 6.40. The molecule has 0 spiro atoms. The smallest absolute Gasteiger partial charge is 0.138 e. The standard InChI is InChI=1S/C16H31N5/c1-8-17-13-12(2)14(18-10-9-11-21(6)7)20-15(19-13)16(3,4)5/h8-11H2,1-7H3,(H2,17,18,19,20). The fourth-order valence-electron chi connectivity index (χ4n) is 1.97. The van der Waals surface area contributed by atoms with Crippen LogP contribution in [0, 0.1) is 6.92 Å². The number of rotatable bonds is 7. The summed E-state index contributed by atoms with van der Waals surface area (Å²) < 4.78 is 0. The molecule has 5 nitrogen and oxygen atoms in total. The molecule has 0 aliphatic rings. The molecule has 0 aromatic carbocycles. The predicted octanol–water partition coefficient (Wildman–Crippen LogP) is 2.88. The van der Waals surface area contributed by atoms with Crippen molar-refractivity contribution in [1.29, 1.82) is 0 Å². The average Bonchev–Trinajstić information content (AvgIpc) is 2.37. The number of hydrogen-bond acceptors (Lipinski definition) is 5. The summed E-state index contributed by atoms with van der Waals surface area (Å²) in [6.45, 7) is 13.4. The van der Waals surface area contributed by atoms with Crippen molar-refractivity contribution in [1.82, 2.24) is 14.9 Å². The van der Waals surface area contributed by atoms with E-state index < -0.39 is 0 Å². The van der Waals surface area contributed by atoms with E-state index in [9.17, 15) is 0 Å². The lowest BCUT2D eigenvalue weighted by atomic mass is 9.95. The van der Waals surface area contributed by atoms with Crippen molar-refractivity contribution in [2.24, 2.45) is 0 Å². The van der Waals surface area contributed by atoms with E-state index in [-0.39, 0.29) is 5.41 Å². The molecule has 0 atom stereocenters. The van der Waals surface area contributed by atoms with Crippen LogP contribution in [0.15, 0.2) is 0 Å². The first-order valence-corrected chi connectivity index (χ1v) is 7.77. The Hall–Kier alpha value is -1.36. The van der Waals surface area contributed by atoms with Crippen LogP contribution in [0.5, 0.6) is 0 Å². The minimum atomic E-state index is -0.0576. The zero-order valence-corrected chi connectivity index (χ0v) is 14.7. The summed E-state index contributed by atoms with van der Waals surface area (Å²) in [6, 6.07) is 0. The topological polar surface area (TPSA) is 53.1 Å². The molecule has 1 rings (SSSR count). The number of hydrogen-bond donors (Lipinski definition) is 2. The molecule has 1 aromatic heterocycles. The molecule has 0 saturated carbocycles. The van der Waals surface area contributed by atoms with Gasteiger partial charge in [-0.2, -0.15) is 0 Å². The van der Waals surface area contributed by atoms with Gasteiger partial charge < -0.3 is 15.5 Å². The number of nitrogens with zero attached hydrogens (tertiary/aromatic N) is 3. The summed E-state index contributed by atoms with van der Waals surface area (Å²) in [5.74, 6) is 2.76. The summed E-state index contributed by atoms with van der Waals surface area (Å²) in [4.78, 5) is 11.6. The molecular weight excluding hydrogens is 262 g/mol. The zero-order valence-electron chi connectivity index (χ0n) is 14.7. The van der Waals surface area contributed by atoms with E-state index >= 15 is 0 Å². The van der Waals surface area contributed by atoms with Crippen LogP contribution in [0.1, 0.15) is 45.5 Å². The lowest BCUT2D eigenvalue weighted by Crippen LogP contribution is -2.21. The highest BCUT2D eigenvalue weighted by Crippen LogP contribution is 2.26. The summed E-state index contributed by atoms with van der Waals surface area (Å²) in [6.07, 6.45) is 1.10. The van der Waals surface area contributed by atoms with Gasteiger partial charge in [-0.1, -0.05) is 20.8 Å². The molecule has 0 unspecified atom stereocenters. The molecule has 5 heteroatoms. The SMILES string of the molecule is CCNc1nc(C(C)(C)C)nc(NCCCN(C)C)c1C. The zero-order chi connectivity index (χ0) is 16.0. The molecule has 0 aliphatic heterocycles. The van der Waals surface area contributed by atoms with E-state index in [0.717, 1.165) is 49.1 Å². The van der Waals surface area contributed by atoms with E-state index in [1.807, 2.05) is 0 Å². The maximum Gasteiger partial charge on any atom is 0.138 e. The molecule has 1 heterocycles. The Bertz CT molecular complexity index is 449. The second kappa shape index (κ2) is 7.59. The van der Waals surface area contributed by atoms with Gasteiger partial charge in [-0.05, 0) is 40.9 Å². The minimum Gasteiger partial charge on any atom is -0.370 e. The van der Waals surface area contributed by atoms with Crippen molar-refractivity contribution in [3.63, 3.8) is 0 Å². The van der Waals surface area contributed by atoms with Crippen molar-refractivity contribution >= 4 is 11.6 Å². The minimum absolute atomic E-state index is 0.0576. The number of nitrogens with one attached hydrogen (secondary N) is 2. The molecule has 0 radical (unpaired) electrons. The van der Waals surface area contributed by atoms with Gasteiger partial charge in [0.05, 0.1) is 0 Å². The summed E-state index contributed by atoms with van der Waals surface area (Å²) >= 11 is 0. The van der Waals surface area contributed by atoms with Crippen molar-refractivity contribution in [3.8, 4) is 0 Å². The second-order valence-electron chi connectivity index (χ2n) is 6.73. The van der Waals surface area contributed by atoms with Crippen LogP contribution in [0.25, 0.3) is 0 Å². The molecule has 120 valence electrons. The molecule has 0 amide bonds. The molecule has 0 saturated heterocycles. The third kappa shape index (κ3) is 5.50. The van der Waals surface area contributed by atoms with Crippen LogP contribution in [0.2, 0.25) is 0 Å². The highest BCUT2D eigenvalue weighted by atomic mass is 15.1. The third-order valence-corrected chi connectivity index (χ3v) is 3.24. The molecule has 2 N–H and O–H groups in total. The molecular formula is C16H31N5. The van der Waals surface area contributed by atoms with E-state index in [1.165, 1.54) is 0 Å². The van der Waals surface area contributed by atoms with Gasteiger partial charge in [0.1, 0.15) is 17.5 Å². The second-order valence-corrected chi connectivity index (χ2v) is 6.73. The fourth-order valence-corrected chi connectivity index (χ4v) is 1.97. The predicted molar refractivity (Wildman–Crippen MR) is 91.3 cm³/mol. The van der Waals surface area contributed by atoms with E-state index in [4.69, 9.17) is 4.98 Å². The molecule has 0 bridgehead atoms. The van der Waals surface area contributed by atoms with Crippen molar-refractivity contribution < 1.29 is 0 Å². The van der Waals surface area contributed by atoms with Crippen molar-refractivity contribution in [2.75, 3.05) is 44.4 Å². The Morgan fingerprint density at radius 3 is 2.10 bits per heavy atom. The summed E-state index contributed by atoms with van der Waals surface area (Å²) in [5, 5.41) is 6.80. The Balaban J connectivity index is 2.92. The van der Waals surface area contributed by atoms with Crippen molar-refractivity contribution in [2.45, 2.75) is 46.5 Å². The normalized spacial score (nSPS) is 11.8. The first-order valence-electron chi connectivity index (χ1n) is 7.77.